The fourth-order valence-corrected chi connectivity index (χ4v) is 1.05. The average molecular weight is 308 g/mol. The lowest BCUT2D eigenvalue weighted by Crippen LogP contribution is -2.14. The molecule has 1 aromatic rings. The lowest BCUT2D eigenvalue weighted by molar-refractivity contribution is -0.142. The van der Waals surface area contributed by atoms with Gasteiger partial charge in [0.1, 0.15) is 0 Å². The summed E-state index contributed by atoms with van der Waals surface area (Å²) in [4.78, 5) is 10.3. The number of rotatable bonds is 4. The number of azo groups is 1. The van der Waals surface area contributed by atoms with Gasteiger partial charge in [0.2, 0.25) is 4.95 Å². The first-order chi connectivity index (χ1) is 7.63. The molecule has 1 aromatic heterocycles. The van der Waals surface area contributed by atoms with Gasteiger partial charge >= 0.3 is 5.97 Å². The zero-order valence-corrected chi connectivity index (χ0v) is 10.6. The SMILES string of the molecule is CCOC(=O)C(Br)N=Nc1ccc(Cl)nn1. The molecule has 0 saturated heterocycles. The second-order valence-corrected chi connectivity index (χ2v) is 3.77. The third-order valence-electron chi connectivity index (χ3n) is 1.36. The van der Waals surface area contributed by atoms with Crippen LogP contribution in [0, 0.1) is 0 Å². The molecule has 1 rings (SSSR count). The first kappa shape index (κ1) is 13.0. The van der Waals surface area contributed by atoms with E-state index in [1.54, 1.807) is 6.92 Å². The number of esters is 1. The molecule has 0 aliphatic rings. The van der Waals surface area contributed by atoms with Crippen LogP contribution in [0.5, 0.6) is 0 Å². The smallest absolute Gasteiger partial charge is 0.343 e. The summed E-state index contributed by atoms with van der Waals surface area (Å²) in [6.07, 6.45) is 0. The summed E-state index contributed by atoms with van der Waals surface area (Å²) in [5.74, 6) is -0.244. The number of alkyl halides is 1. The van der Waals surface area contributed by atoms with E-state index >= 15 is 0 Å². The predicted octanol–water partition coefficient (Wildman–Crippen LogP) is 2.50. The Morgan fingerprint density at radius 1 is 1.62 bits per heavy atom. The molecule has 6 nitrogen and oxygen atoms in total. The van der Waals surface area contributed by atoms with Gasteiger partial charge in [-0.05, 0) is 35.0 Å². The van der Waals surface area contributed by atoms with Crippen LogP contribution in [0.25, 0.3) is 0 Å². The molecule has 86 valence electrons. The molecule has 0 spiro atoms. The number of hydrogen-bond acceptors (Lipinski definition) is 6. The van der Waals surface area contributed by atoms with Crippen LogP contribution in [-0.2, 0) is 9.53 Å². The highest BCUT2D eigenvalue weighted by Crippen LogP contribution is 2.12. The fraction of sp³-hybridized carbons (Fsp3) is 0.375. The van der Waals surface area contributed by atoms with Crippen LogP contribution < -0.4 is 0 Å². The number of carbonyl (C=O) groups is 1. The highest BCUT2D eigenvalue weighted by atomic mass is 79.9. The quantitative estimate of drug-likeness (QED) is 0.370. The van der Waals surface area contributed by atoms with Crippen molar-refractivity contribution in [3.63, 3.8) is 0 Å². The standard InChI is InChI=1S/C8H8BrClN4O2/c1-2-16-8(15)7(9)14-13-6-4-3-5(10)11-12-6/h3-4,7H,2H2,1H3. The van der Waals surface area contributed by atoms with Gasteiger partial charge in [-0.1, -0.05) is 11.6 Å². The maximum Gasteiger partial charge on any atom is 0.343 e. The van der Waals surface area contributed by atoms with E-state index < -0.39 is 10.9 Å². The summed E-state index contributed by atoms with van der Waals surface area (Å²) in [6, 6.07) is 3.06. The summed E-state index contributed by atoms with van der Waals surface area (Å²) in [5.41, 5.74) is 0. The van der Waals surface area contributed by atoms with Gasteiger partial charge in [-0.15, -0.1) is 15.3 Å². The number of aromatic nitrogens is 2. The van der Waals surface area contributed by atoms with E-state index in [0.717, 1.165) is 0 Å². The van der Waals surface area contributed by atoms with Crippen LogP contribution in [0.1, 0.15) is 6.92 Å². The van der Waals surface area contributed by atoms with Gasteiger partial charge in [0.25, 0.3) is 0 Å². The summed E-state index contributed by atoms with van der Waals surface area (Å²) in [6.45, 7) is 2.00. The van der Waals surface area contributed by atoms with E-state index in [1.807, 2.05) is 0 Å². The second kappa shape index (κ2) is 6.49. The van der Waals surface area contributed by atoms with Gasteiger partial charge in [-0.25, -0.2) is 4.79 Å². The first-order valence-electron chi connectivity index (χ1n) is 4.34. The van der Waals surface area contributed by atoms with Crippen LogP contribution in [0.2, 0.25) is 5.15 Å². The van der Waals surface area contributed by atoms with Crippen molar-refractivity contribution in [2.75, 3.05) is 6.61 Å². The van der Waals surface area contributed by atoms with Crippen LogP contribution in [-0.4, -0.2) is 27.7 Å². The van der Waals surface area contributed by atoms with Gasteiger partial charge in [-0.3, -0.25) is 0 Å². The molecular formula is C8H8BrClN4O2. The van der Waals surface area contributed by atoms with E-state index in [4.69, 9.17) is 16.3 Å². The van der Waals surface area contributed by atoms with E-state index in [-0.39, 0.29) is 17.6 Å². The minimum Gasteiger partial charge on any atom is -0.464 e. The number of hydrogen-bond donors (Lipinski definition) is 0. The highest BCUT2D eigenvalue weighted by Gasteiger charge is 2.14. The third kappa shape index (κ3) is 4.19. The first-order valence-corrected chi connectivity index (χ1v) is 5.63. The normalized spacial score (nSPS) is 12.7. The fourth-order valence-electron chi connectivity index (χ4n) is 0.730. The third-order valence-corrected chi connectivity index (χ3v) is 2.12. The molecule has 1 heterocycles. The highest BCUT2D eigenvalue weighted by molar-refractivity contribution is 9.10. The molecule has 16 heavy (non-hydrogen) atoms. The zero-order valence-electron chi connectivity index (χ0n) is 8.30. The maximum absolute atomic E-state index is 11.1. The maximum atomic E-state index is 11.1. The Hall–Kier alpha value is -1.08. The molecule has 0 radical (unpaired) electrons. The van der Waals surface area contributed by atoms with E-state index in [9.17, 15) is 4.79 Å². The Labute approximate surface area is 105 Å². The summed E-state index contributed by atoms with van der Waals surface area (Å²) in [7, 11) is 0. The lowest BCUT2D eigenvalue weighted by atomic mass is 10.5. The molecule has 0 bridgehead atoms. The Morgan fingerprint density at radius 3 is 2.94 bits per heavy atom. The molecule has 0 aliphatic heterocycles. The molecule has 0 aliphatic carbocycles. The largest absolute Gasteiger partial charge is 0.464 e. The van der Waals surface area contributed by atoms with Crippen molar-refractivity contribution in [1.82, 2.24) is 10.2 Å². The monoisotopic (exact) mass is 306 g/mol. The number of ether oxygens (including phenoxy) is 1. The molecule has 1 atom stereocenters. The van der Waals surface area contributed by atoms with Crippen LogP contribution >= 0.6 is 27.5 Å². The van der Waals surface area contributed by atoms with Gasteiger partial charge in [0.05, 0.1) is 6.61 Å². The zero-order chi connectivity index (χ0) is 12.0. The van der Waals surface area contributed by atoms with Crippen molar-refractivity contribution in [2.24, 2.45) is 10.2 Å². The van der Waals surface area contributed by atoms with Crippen molar-refractivity contribution >= 4 is 39.3 Å². The average Bonchev–Trinajstić information content (AvgIpc) is 2.28. The number of carbonyl (C=O) groups excluding carboxylic acids is 1. The van der Waals surface area contributed by atoms with E-state index in [0.29, 0.717) is 0 Å². The number of nitrogens with zero attached hydrogens (tertiary/aromatic N) is 4. The Morgan fingerprint density at radius 2 is 2.38 bits per heavy atom. The molecule has 1 unspecified atom stereocenters. The topological polar surface area (TPSA) is 76.8 Å². The van der Waals surface area contributed by atoms with Crippen molar-refractivity contribution < 1.29 is 9.53 Å². The van der Waals surface area contributed by atoms with Crippen molar-refractivity contribution in [3.8, 4) is 0 Å². The van der Waals surface area contributed by atoms with Gasteiger partial charge in [-0.2, -0.15) is 5.11 Å². The molecule has 0 saturated carbocycles. The van der Waals surface area contributed by atoms with Crippen molar-refractivity contribution in [1.29, 1.82) is 0 Å². The molecule has 0 aromatic carbocycles. The van der Waals surface area contributed by atoms with Crippen LogP contribution in [0.15, 0.2) is 22.4 Å². The Bertz CT molecular complexity index is 384. The second-order valence-electron chi connectivity index (χ2n) is 2.52. The van der Waals surface area contributed by atoms with Gasteiger partial charge in [0, 0.05) is 0 Å². The van der Waals surface area contributed by atoms with E-state index in [1.165, 1.54) is 12.1 Å². The molecule has 8 heteroatoms. The minimum absolute atomic E-state index is 0.262. The summed E-state index contributed by atoms with van der Waals surface area (Å²) < 4.78 is 4.71. The summed E-state index contributed by atoms with van der Waals surface area (Å²) in [5, 5.41) is 14.8. The molecular weight excluding hydrogens is 299 g/mol. The Kier molecular flexibility index (Phi) is 5.27. The number of halogens is 2. The van der Waals surface area contributed by atoms with Crippen LogP contribution in [0.4, 0.5) is 5.82 Å². The van der Waals surface area contributed by atoms with Crippen molar-refractivity contribution in [2.45, 2.75) is 11.9 Å². The van der Waals surface area contributed by atoms with E-state index in [2.05, 4.69) is 36.4 Å². The molecule has 0 amide bonds. The van der Waals surface area contributed by atoms with Gasteiger partial charge in [0.15, 0.2) is 11.0 Å². The van der Waals surface area contributed by atoms with Crippen molar-refractivity contribution in [3.05, 3.63) is 17.3 Å². The molecule has 0 N–H and O–H groups in total. The minimum atomic E-state index is -0.843. The van der Waals surface area contributed by atoms with Crippen LogP contribution in [0.3, 0.4) is 0 Å². The van der Waals surface area contributed by atoms with Gasteiger partial charge < -0.3 is 4.74 Å². The lowest BCUT2D eigenvalue weighted by Gasteiger charge is -2.01. The predicted molar refractivity (Wildman–Crippen MR) is 60.9 cm³/mol. The molecule has 0 fully saturated rings. The Balaban J connectivity index is 2.59. The summed E-state index contributed by atoms with van der Waals surface area (Å²) >= 11 is 8.54.